The van der Waals surface area contributed by atoms with E-state index in [1.54, 1.807) is 18.3 Å². The second-order valence-electron chi connectivity index (χ2n) is 4.94. The lowest BCUT2D eigenvalue weighted by Crippen LogP contribution is -2.37. The number of amides is 1. The van der Waals surface area contributed by atoms with Crippen LogP contribution in [0.2, 0.25) is 0 Å². The lowest BCUT2D eigenvalue weighted by Gasteiger charge is -2.15. The van der Waals surface area contributed by atoms with Gasteiger partial charge in [-0.25, -0.2) is 14.6 Å². The minimum Gasteiger partial charge on any atom is -0.322 e. The summed E-state index contributed by atoms with van der Waals surface area (Å²) in [7, 11) is 0. The molecule has 0 spiro atoms. The molecule has 7 nitrogen and oxygen atoms in total. The molecule has 0 aliphatic carbocycles. The maximum Gasteiger partial charge on any atom is 0.241 e. The van der Waals surface area contributed by atoms with Crippen LogP contribution in [0.1, 0.15) is 20.3 Å². The third-order valence-corrected chi connectivity index (χ3v) is 2.74. The van der Waals surface area contributed by atoms with E-state index in [0.717, 1.165) is 0 Å². The van der Waals surface area contributed by atoms with E-state index in [-0.39, 0.29) is 5.91 Å². The molecular weight excluding hydrogens is 256 g/mol. The van der Waals surface area contributed by atoms with E-state index in [1.165, 1.54) is 17.3 Å². The van der Waals surface area contributed by atoms with E-state index in [9.17, 15) is 4.79 Å². The molecule has 0 aliphatic heterocycles. The van der Waals surface area contributed by atoms with Gasteiger partial charge in [0.25, 0.3) is 0 Å². The predicted octanol–water partition coefficient (Wildman–Crippen LogP) is 0.974. The van der Waals surface area contributed by atoms with Gasteiger partial charge in [0.2, 0.25) is 5.91 Å². The van der Waals surface area contributed by atoms with Gasteiger partial charge in [-0.1, -0.05) is 13.8 Å². The van der Waals surface area contributed by atoms with Gasteiger partial charge in [-0.3, -0.25) is 4.79 Å². The number of pyridine rings is 1. The Morgan fingerprint density at radius 3 is 2.95 bits per heavy atom. The van der Waals surface area contributed by atoms with Crippen molar-refractivity contribution in [3.05, 3.63) is 31.0 Å². The highest BCUT2D eigenvalue weighted by Crippen LogP contribution is 2.16. The van der Waals surface area contributed by atoms with Gasteiger partial charge in [-0.2, -0.15) is 5.10 Å². The highest BCUT2D eigenvalue weighted by Gasteiger charge is 2.17. The zero-order valence-corrected chi connectivity index (χ0v) is 11.5. The first-order chi connectivity index (χ1) is 9.58. The smallest absolute Gasteiger partial charge is 0.241 e. The SMILES string of the molecule is CC(C)CC(N)C(=O)Nc1cccnc1-n1cncn1. The Bertz CT molecular complexity index is 566. The first-order valence-electron chi connectivity index (χ1n) is 6.44. The molecule has 0 saturated carbocycles. The number of hydrogen-bond donors (Lipinski definition) is 2. The number of rotatable bonds is 5. The number of aromatic nitrogens is 4. The predicted molar refractivity (Wildman–Crippen MR) is 75.2 cm³/mol. The first kappa shape index (κ1) is 14.1. The number of nitrogens with zero attached hydrogens (tertiary/aromatic N) is 4. The van der Waals surface area contributed by atoms with Gasteiger partial charge in [-0.05, 0) is 24.5 Å². The van der Waals surface area contributed by atoms with Gasteiger partial charge in [0.1, 0.15) is 12.7 Å². The summed E-state index contributed by atoms with van der Waals surface area (Å²) in [6, 6.07) is 2.95. The third kappa shape index (κ3) is 3.39. The van der Waals surface area contributed by atoms with Crippen LogP contribution in [0.25, 0.3) is 5.82 Å². The summed E-state index contributed by atoms with van der Waals surface area (Å²) < 4.78 is 1.49. The number of carbonyl (C=O) groups excluding carboxylic acids is 1. The normalized spacial score (nSPS) is 12.4. The molecule has 106 valence electrons. The van der Waals surface area contributed by atoms with Crippen molar-refractivity contribution in [2.24, 2.45) is 11.7 Å². The summed E-state index contributed by atoms with van der Waals surface area (Å²) in [5.41, 5.74) is 6.43. The molecular formula is C13H18N6O. The summed E-state index contributed by atoms with van der Waals surface area (Å²) in [5, 5.41) is 6.80. The van der Waals surface area contributed by atoms with Gasteiger partial charge in [0.15, 0.2) is 5.82 Å². The molecule has 0 radical (unpaired) electrons. The average Bonchev–Trinajstić information content (AvgIpc) is 2.92. The zero-order valence-electron chi connectivity index (χ0n) is 11.5. The quantitative estimate of drug-likeness (QED) is 0.846. The van der Waals surface area contributed by atoms with Crippen LogP contribution in [0.5, 0.6) is 0 Å². The molecule has 0 fully saturated rings. The van der Waals surface area contributed by atoms with E-state index in [1.807, 2.05) is 13.8 Å². The van der Waals surface area contributed by atoms with E-state index in [4.69, 9.17) is 5.73 Å². The molecule has 0 aliphatic rings. The fourth-order valence-electron chi connectivity index (χ4n) is 1.84. The van der Waals surface area contributed by atoms with E-state index in [2.05, 4.69) is 20.4 Å². The standard InChI is InChI=1S/C13H18N6O/c1-9(2)6-10(14)13(20)18-11-4-3-5-16-12(11)19-8-15-7-17-19/h3-5,7-10H,6,14H2,1-2H3,(H,18,20). The summed E-state index contributed by atoms with van der Waals surface area (Å²) >= 11 is 0. The largest absolute Gasteiger partial charge is 0.322 e. The number of nitrogens with two attached hydrogens (primary N) is 1. The Kier molecular flexibility index (Phi) is 4.41. The van der Waals surface area contributed by atoms with Crippen molar-refractivity contribution >= 4 is 11.6 Å². The molecule has 2 heterocycles. The minimum absolute atomic E-state index is 0.229. The molecule has 0 saturated heterocycles. The second-order valence-corrected chi connectivity index (χ2v) is 4.94. The van der Waals surface area contributed by atoms with Gasteiger partial charge >= 0.3 is 0 Å². The van der Waals surface area contributed by atoms with Crippen molar-refractivity contribution in [2.45, 2.75) is 26.3 Å². The zero-order chi connectivity index (χ0) is 14.5. The molecule has 1 amide bonds. The third-order valence-electron chi connectivity index (χ3n) is 2.74. The average molecular weight is 274 g/mol. The van der Waals surface area contributed by atoms with Crippen molar-refractivity contribution in [3.8, 4) is 5.82 Å². The van der Waals surface area contributed by atoms with Crippen LogP contribution in [0.3, 0.4) is 0 Å². The van der Waals surface area contributed by atoms with Crippen molar-refractivity contribution in [2.75, 3.05) is 5.32 Å². The molecule has 2 aromatic heterocycles. The molecule has 3 N–H and O–H groups in total. The van der Waals surface area contributed by atoms with Crippen LogP contribution in [-0.4, -0.2) is 31.7 Å². The second kappa shape index (κ2) is 6.25. The molecule has 1 unspecified atom stereocenters. The van der Waals surface area contributed by atoms with Crippen LogP contribution in [0, 0.1) is 5.92 Å². The van der Waals surface area contributed by atoms with E-state index < -0.39 is 6.04 Å². The molecule has 2 rings (SSSR count). The van der Waals surface area contributed by atoms with Crippen molar-refractivity contribution in [3.63, 3.8) is 0 Å². The Hall–Kier alpha value is -2.28. The van der Waals surface area contributed by atoms with Crippen molar-refractivity contribution < 1.29 is 4.79 Å². The molecule has 1 atom stereocenters. The minimum atomic E-state index is -0.543. The van der Waals surface area contributed by atoms with Gasteiger partial charge in [0, 0.05) is 6.20 Å². The first-order valence-corrected chi connectivity index (χ1v) is 6.44. The van der Waals surface area contributed by atoms with Crippen molar-refractivity contribution in [1.82, 2.24) is 19.7 Å². The number of nitrogens with one attached hydrogen (secondary N) is 1. The molecule has 2 aromatic rings. The fraction of sp³-hybridized carbons (Fsp3) is 0.385. The fourth-order valence-corrected chi connectivity index (χ4v) is 1.84. The van der Waals surface area contributed by atoms with Crippen LogP contribution >= 0.6 is 0 Å². The van der Waals surface area contributed by atoms with Gasteiger partial charge in [0.05, 0.1) is 11.7 Å². The monoisotopic (exact) mass is 274 g/mol. The van der Waals surface area contributed by atoms with Crippen LogP contribution in [-0.2, 0) is 4.79 Å². The van der Waals surface area contributed by atoms with Crippen molar-refractivity contribution in [1.29, 1.82) is 0 Å². The highest BCUT2D eigenvalue weighted by molar-refractivity contribution is 5.95. The summed E-state index contributed by atoms with van der Waals surface area (Å²) in [6.45, 7) is 4.05. The van der Waals surface area contributed by atoms with Crippen LogP contribution in [0.15, 0.2) is 31.0 Å². The van der Waals surface area contributed by atoms with Crippen LogP contribution < -0.4 is 11.1 Å². The van der Waals surface area contributed by atoms with Gasteiger partial charge in [-0.15, -0.1) is 0 Å². The lowest BCUT2D eigenvalue weighted by molar-refractivity contribution is -0.117. The number of hydrogen-bond acceptors (Lipinski definition) is 5. The maximum absolute atomic E-state index is 12.1. The summed E-state index contributed by atoms with van der Waals surface area (Å²) in [6.07, 6.45) is 5.18. The molecule has 0 aromatic carbocycles. The van der Waals surface area contributed by atoms with Crippen LogP contribution in [0.4, 0.5) is 5.69 Å². The lowest BCUT2D eigenvalue weighted by atomic mass is 10.0. The Balaban J connectivity index is 2.16. The summed E-state index contributed by atoms with van der Waals surface area (Å²) in [5.74, 6) is 0.641. The molecule has 20 heavy (non-hydrogen) atoms. The molecule has 0 bridgehead atoms. The van der Waals surface area contributed by atoms with Gasteiger partial charge < -0.3 is 11.1 Å². The van der Waals surface area contributed by atoms with E-state index in [0.29, 0.717) is 23.8 Å². The maximum atomic E-state index is 12.1. The summed E-state index contributed by atoms with van der Waals surface area (Å²) in [4.78, 5) is 20.1. The van der Waals surface area contributed by atoms with E-state index >= 15 is 0 Å². The Labute approximate surface area is 117 Å². The topological polar surface area (TPSA) is 98.7 Å². The number of anilines is 1. The Morgan fingerprint density at radius 1 is 1.50 bits per heavy atom. The Morgan fingerprint density at radius 2 is 2.30 bits per heavy atom. The highest BCUT2D eigenvalue weighted by atomic mass is 16.2. The number of carbonyl (C=O) groups is 1. The molecule has 7 heteroatoms.